The Bertz CT molecular complexity index is 108. The summed E-state index contributed by atoms with van der Waals surface area (Å²) in [6, 6.07) is 1.40. The van der Waals surface area contributed by atoms with Gasteiger partial charge in [0.1, 0.15) is 0 Å². The summed E-state index contributed by atoms with van der Waals surface area (Å²) in [5.74, 6) is 0. The first kappa shape index (κ1) is 8.97. The lowest BCUT2D eigenvalue weighted by atomic mass is 10.1. The van der Waals surface area contributed by atoms with Gasteiger partial charge in [-0.2, -0.15) is 0 Å². The lowest BCUT2D eigenvalue weighted by Crippen LogP contribution is -2.60. The van der Waals surface area contributed by atoms with Gasteiger partial charge < -0.3 is 11.1 Å². The van der Waals surface area contributed by atoms with Gasteiger partial charge in [-0.25, -0.2) is 0 Å². The number of likely N-dealkylation sites (tertiary alicyclic amines) is 1. The predicted molar refractivity (Wildman–Crippen MR) is 47.6 cm³/mol. The first-order chi connectivity index (χ1) is 5.24. The molecule has 1 aliphatic heterocycles. The zero-order valence-corrected chi connectivity index (χ0v) is 7.51. The van der Waals surface area contributed by atoms with Crippen LogP contribution in [0.15, 0.2) is 0 Å². The second-order valence-corrected chi connectivity index (χ2v) is 3.49. The molecule has 11 heavy (non-hydrogen) atoms. The Morgan fingerprint density at radius 3 is 2.64 bits per heavy atom. The molecule has 0 aromatic carbocycles. The van der Waals surface area contributed by atoms with Crippen LogP contribution in [0.5, 0.6) is 0 Å². The second-order valence-electron chi connectivity index (χ2n) is 3.49. The Labute approximate surface area is 68.9 Å². The zero-order chi connectivity index (χ0) is 8.27. The summed E-state index contributed by atoms with van der Waals surface area (Å²) in [4.78, 5) is 2.45. The van der Waals surface area contributed by atoms with Gasteiger partial charge in [-0.1, -0.05) is 0 Å². The van der Waals surface area contributed by atoms with Gasteiger partial charge in [0.25, 0.3) is 0 Å². The standard InChI is InChI=1S/C8H19N3/c1-7(2)11-5-8(6-11)10-4-3-9/h7-8,10H,3-6,9H2,1-2H3. The first-order valence-electron chi connectivity index (χ1n) is 4.41. The molecule has 3 heteroatoms. The molecule has 1 rings (SSSR count). The third kappa shape index (κ3) is 2.43. The van der Waals surface area contributed by atoms with Crippen LogP contribution < -0.4 is 11.1 Å². The summed E-state index contributed by atoms with van der Waals surface area (Å²) in [7, 11) is 0. The third-order valence-electron chi connectivity index (χ3n) is 2.22. The molecule has 0 saturated carbocycles. The summed E-state index contributed by atoms with van der Waals surface area (Å²) in [6.07, 6.45) is 0. The maximum Gasteiger partial charge on any atom is 0.0323 e. The van der Waals surface area contributed by atoms with Crippen LogP contribution in [0.25, 0.3) is 0 Å². The van der Waals surface area contributed by atoms with E-state index < -0.39 is 0 Å². The molecule has 3 N–H and O–H groups in total. The van der Waals surface area contributed by atoms with Crippen molar-refractivity contribution in [3.05, 3.63) is 0 Å². The quantitative estimate of drug-likeness (QED) is 0.585. The average Bonchev–Trinajstić information content (AvgIpc) is 1.84. The molecule has 0 radical (unpaired) electrons. The molecule has 66 valence electrons. The fourth-order valence-electron chi connectivity index (χ4n) is 1.35. The molecule has 0 aromatic rings. The minimum atomic E-state index is 0.695. The van der Waals surface area contributed by atoms with E-state index in [9.17, 15) is 0 Å². The van der Waals surface area contributed by atoms with E-state index in [0.29, 0.717) is 12.1 Å². The van der Waals surface area contributed by atoms with E-state index >= 15 is 0 Å². The molecule has 1 aliphatic rings. The smallest absolute Gasteiger partial charge is 0.0323 e. The van der Waals surface area contributed by atoms with E-state index in [1.54, 1.807) is 0 Å². The van der Waals surface area contributed by atoms with Crippen molar-refractivity contribution in [2.24, 2.45) is 5.73 Å². The highest BCUT2D eigenvalue weighted by molar-refractivity contribution is 4.87. The van der Waals surface area contributed by atoms with Crippen LogP contribution >= 0.6 is 0 Å². The van der Waals surface area contributed by atoms with E-state index in [2.05, 4.69) is 24.1 Å². The van der Waals surface area contributed by atoms with Crippen molar-refractivity contribution in [3.8, 4) is 0 Å². The van der Waals surface area contributed by atoms with Gasteiger partial charge in [-0.3, -0.25) is 4.90 Å². The molecule has 0 bridgehead atoms. The van der Waals surface area contributed by atoms with Crippen LogP contribution in [0.3, 0.4) is 0 Å². The number of hydrogen-bond donors (Lipinski definition) is 2. The normalized spacial score (nSPS) is 20.7. The van der Waals surface area contributed by atoms with Gasteiger partial charge in [0.05, 0.1) is 0 Å². The van der Waals surface area contributed by atoms with Gasteiger partial charge in [0.15, 0.2) is 0 Å². The monoisotopic (exact) mass is 157 g/mol. The van der Waals surface area contributed by atoms with Crippen molar-refractivity contribution in [1.29, 1.82) is 0 Å². The molecule has 1 heterocycles. The van der Waals surface area contributed by atoms with E-state index in [1.165, 1.54) is 13.1 Å². The lowest BCUT2D eigenvalue weighted by Gasteiger charge is -2.42. The van der Waals surface area contributed by atoms with Crippen LogP contribution in [0.1, 0.15) is 13.8 Å². The molecule has 1 saturated heterocycles. The molecule has 1 fully saturated rings. The van der Waals surface area contributed by atoms with Crippen molar-refractivity contribution in [3.63, 3.8) is 0 Å². The second kappa shape index (κ2) is 4.04. The minimum absolute atomic E-state index is 0.695. The average molecular weight is 157 g/mol. The SMILES string of the molecule is CC(C)N1CC(NCCN)C1. The number of nitrogens with one attached hydrogen (secondary N) is 1. The van der Waals surface area contributed by atoms with Crippen LogP contribution in [0, 0.1) is 0 Å². The zero-order valence-electron chi connectivity index (χ0n) is 7.51. The molecular formula is C8H19N3. The Morgan fingerprint density at radius 1 is 1.55 bits per heavy atom. The highest BCUT2D eigenvalue weighted by Crippen LogP contribution is 2.10. The summed E-state index contributed by atoms with van der Waals surface area (Å²) >= 11 is 0. The maximum absolute atomic E-state index is 5.37. The van der Waals surface area contributed by atoms with Crippen LogP contribution in [-0.4, -0.2) is 43.2 Å². The van der Waals surface area contributed by atoms with Crippen LogP contribution in [-0.2, 0) is 0 Å². The van der Waals surface area contributed by atoms with E-state index in [4.69, 9.17) is 5.73 Å². The van der Waals surface area contributed by atoms with Crippen LogP contribution in [0.4, 0.5) is 0 Å². The molecule has 0 spiro atoms. The first-order valence-corrected chi connectivity index (χ1v) is 4.41. The highest BCUT2D eigenvalue weighted by atomic mass is 15.3. The molecule has 3 nitrogen and oxygen atoms in total. The number of nitrogens with two attached hydrogens (primary N) is 1. The largest absolute Gasteiger partial charge is 0.329 e. The summed E-state index contributed by atoms with van der Waals surface area (Å²) in [5.41, 5.74) is 5.37. The Kier molecular flexibility index (Phi) is 3.30. The number of hydrogen-bond acceptors (Lipinski definition) is 3. The van der Waals surface area contributed by atoms with Gasteiger partial charge in [0, 0.05) is 38.3 Å². The molecule has 0 unspecified atom stereocenters. The Morgan fingerprint density at radius 2 is 2.18 bits per heavy atom. The van der Waals surface area contributed by atoms with Crippen molar-refractivity contribution in [1.82, 2.24) is 10.2 Å². The lowest BCUT2D eigenvalue weighted by molar-refractivity contribution is 0.0929. The highest BCUT2D eigenvalue weighted by Gasteiger charge is 2.27. The fourth-order valence-corrected chi connectivity index (χ4v) is 1.35. The fraction of sp³-hybridized carbons (Fsp3) is 1.00. The summed E-state index contributed by atoms with van der Waals surface area (Å²) in [5, 5.41) is 3.39. The molecule has 0 atom stereocenters. The van der Waals surface area contributed by atoms with Crippen molar-refractivity contribution in [2.75, 3.05) is 26.2 Å². The van der Waals surface area contributed by atoms with Gasteiger partial charge in [-0.15, -0.1) is 0 Å². The predicted octanol–water partition coefficient (Wildman–Crippen LogP) is -0.373. The van der Waals surface area contributed by atoms with E-state index in [-0.39, 0.29) is 0 Å². The van der Waals surface area contributed by atoms with Gasteiger partial charge in [-0.05, 0) is 13.8 Å². The minimum Gasteiger partial charge on any atom is -0.329 e. The van der Waals surface area contributed by atoms with Crippen molar-refractivity contribution in [2.45, 2.75) is 25.9 Å². The van der Waals surface area contributed by atoms with Crippen molar-refractivity contribution >= 4 is 0 Å². The molecular weight excluding hydrogens is 138 g/mol. The topological polar surface area (TPSA) is 41.3 Å². The van der Waals surface area contributed by atoms with E-state index in [1.807, 2.05) is 0 Å². The maximum atomic E-state index is 5.37. The third-order valence-corrected chi connectivity index (χ3v) is 2.22. The van der Waals surface area contributed by atoms with Gasteiger partial charge >= 0.3 is 0 Å². The molecule has 0 aromatic heterocycles. The van der Waals surface area contributed by atoms with Gasteiger partial charge in [0.2, 0.25) is 0 Å². The van der Waals surface area contributed by atoms with Crippen LogP contribution in [0.2, 0.25) is 0 Å². The summed E-state index contributed by atoms with van der Waals surface area (Å²) < 4.78 is 0. The van der Waals surface area contributed by atoms with Crippen molar-refractivity contribution < 1.29 is 0 Å². The Hall–Kier alpha value is -0.120. The Balaban J connectivity index is 2.00. The molecule has 0 amide bonds. The number of nitrogens with zero attached hydrogens (tertiary/aromatic N) is 1. The van der Waals surface area contributed by atoms with E-state index in [0.717, 1.165) is 13.1 Å². The number of rotatable bonds is 4. The molecule has 0 aliphatic carbocycles. The summed E-state index contributed by atoms with van der Waals surface area (Å²) in [6.45, 7) is 8.56.